The molecule has 2 aliphatic rings. The van der Waals surface area contributed by atoms with Crippen molar-refractivity contribution >= 4 is 5.97 Å². The van der Waals surface area contributed by atoms with Gasteiger partial charge in [-0.05, 0) is 5.56 Å². The van der Waals surface area contributed by atoms with Gasteiger partial charge < -0.3 is 19.3 Å². The number of benzene rings is 1. The molecule has 3 atom stereocenters. The van der Waals surface area contributed by atoms with E-state index in [1.807, 2.05) is 30.3 Å². The molecule has 2 fully saturated rings. The fourth-order valence-electron chi connectivity index (χ4n) is 2.62. The van der Waals surface area contributed by atoms with Gasteiger partial charge in [-0.15, -0.1) is 0 Å². The molecule has 0 aliphatic carbocycles. The van der Waals surface area contributed by atoms with Crippen LogP contribution in [0.3, 0.4) is 0 Å². The van der Waals surface area contributed by atoms with Crippen LogP contribution in [-0.2, 0) is 25.6 Å². The van der Waals surface area contributed by atoms with Crippen LogP contribution in [0.4, 0.5) is 0 Å². The smallest absolute Gasteiger partial charge is 0.309 e. The van der Waals surface area contributed by atoms with Gasteiger partial charge in [-0.25, -0.2) is 0 Å². The Hall–Kier alpha value is -1.43. The van der Waals surface area contributed by atoms with E-state index < -0.39 is 17.8 Å². The van der Waals surface area contributed by atoms with E-state index >= 15 is 0 Å². The third kappa shape index (κ3) is 2.36. The lowest BCUT2D eigenvalue weighted by atomic mass is 9.94. The van der Waals surface area contributed by atoms with E-state index in [-0.39, 0.29) is 25.6 Å². The highest BCUT2D eigenvalue weighted by molar-refractivity contribution is 5.73. The lowest BCUT2D eigenvalue weighted by molar-refractivity contribution is -0.138. The highest BCUT2D eigenvalue weighted by atomic mass is 16.6. The van der Waals surface area contributed by atoms with Crippen LogP contribution in [-0.4, -0.2) is 42.1 Å². The first-order chi connectivity index (χ1) is 9.20. The number of aliphatic hydroxyl groups is 1. The summed E-state index contributed by atoms with van der Waals surface area (Å²) in [5.74, 6) is -0.303. The predicted octanol–water partition coefficient (Wildman–Crippen LogP) is 0.649. The number of carbonyl (C=O) groups excluding carboxylic acids is 1. The molecule has 2 heterocycles. The first-order valence-corrected chi connectivity index (χ1v) is 6.33. The summed E-state index contributed by atoms with van der Waals surface area (Å²) < 4.78 is 16.3. The third-order valence-corrected chi connectivity index (χ3v) is 3.60. The number of aliphatic hydroxyl groups excluding tert-OH is 1. The summed E-state index contributed by atoms with van der Waals surface area (Å²) >= 11 is 0. The Balaban J connectivity index is 1.69. The third-order valence-electron chi connectivity index (χ3n) is 3.60. The molecular weight excluding hydrogens is 248 g/mol. The first kappa shape index (κ1) is 12.6. The van der Waals surface area contributed by atoms with Crippen molar-refractivity contribution in [2.24, 2.45) is 0 Å². The van der Waals surface area contributed by atoms with Crippen molar-refractivity contribution in [2.75, 3.05) is 13.2 Å². The van der Waals surface area contributed by atoms with Crippen LogP contribution in [0.15, 0.2) is 30.3 Å². The van der Waals surface area contributed by atoms with Crippen molar-refractivity contribution in [3.8, 4) is 0 Å². The molecule has 0 amide bonds. The fourth-order valence-corrected chi connectivity index (χ4v) is 2.62. The van der Waals surface area contributed by atoms with E-state index in [2.05, 4.69) is 0 Å². The molecule has 1 spiro atoms. The van der Waals surface area contributed by atoms with Crippen molar-refractivity contribution in [3.63, 3.8) is 0 Å². The maximum Gasteiger partial charge on any atom is 0.309 e. The van der Waals surface area contributed by atoms with Gasteiger partial charge in [0, 0.05) is 0 Å². The largest absolute Gasteiger partial charge is 0.462 e. The number of carbonyl (C=O) groups is 1. The molecule has 0 unspecified atom stereocenters. The molecule has 5 heteroatoms. The molecule has 1 N–H and O–H groups in total. The number of rotatable bonds is 3. The molecular formula is C14H16O5. The van der Waals surface area contributed by atoms with Crippen LogP contribution < -0.4 is 0 Å². The highest BCUT2D eigenvalue weighted by Crippen LogP contribution is 2.37. The van der Waals surface area contributed by atoms with Gasteiger partial charge in [0.15, 0.2) is 0 Å². The van der Waals surface area contributed by atoms with E-state index in [1.165, 1.54) is 0 Å². The van der Waals surface area contributed by atoms with Crippen molar-refractivity contribution < 1.29 is 24.1 Å². The molecule has 102 valence electrons. The van der Waals surface area contributed by atoms with E-state index in [0.717, 1.165) is 5.56 Å². The lowest BCUT2D eigenvalue weighted by Crippen LogP contribution is -2.45. The second kappa shape index (κ2) is 4.92. The minimum Gasteiger partial charge on any atom is -0.462 e. The number of cyclic esters (lactones) is 1. The number of ether oxygens (including phenoxy) is 3. The van der Waals surface area contributed by atoms with Crippen LogP contribution in [0, 0.1) is 0 Å². The van der Waals surface area contributed by atoms with Gasteiger partial charge in [0.05, 0.1) is 19.6 Å². The average molecular weight is 264 g/mol. The summed E-state index contributed by atoms with van der Waals surface area (Å²) in [6, 6.07) is 9.69. The Labute approximate surface area is 111 Å². The highest BCUT2D eigenvalue weighted by Gasteiger charge is 2.56. The molecule has 0 bridgehead atoms. The first-order valence-electron chi connectivity index (χ1n) is 6.33. The van der Waals surface area contributed by atoms with Gasteiger partial charge >= 0.3 is 5.97 Å². The lowest BCUT2D eigenvalue weighted by Gasteiger charge is -2.27. The van der Waals surface area contributed by atoms with E-state index in [4.69, 9.17) is 14.2 Å². The fraction of sp³-hybridized carbons (Fsp3) is 0.500. The molecule has 2 aliphatic heterocycles. The van der Waals surface area contributed by atoms with Gasteiger partial charge in [0.1, 0.15) is 24.4 Å². The monoisotopic (exact) mass is 264 g/mol. The minimum absolute atomic E-state index is 0.142. The standard InChI is InChI=1S/C14H16O5/c15-11-8-19-14(6-12(16)18-9-14)13(11)17-7-10-4-2-1-3-5-10/h1-5,11,13,15H,6-9H2/t11-,13+,14-/m1/s1. The van der Waals surface area contributed by atoms with Crippen molar-refractivity contribution in [1.82, 2.24) is 0 Å². The van der Waals surface area contributed by atoms with Crippen LogP contribution >= 0.6 is 0 Å². The molecule has 0 aromatic heterocycles. The topological polar surface area (TPSA) is 65.0 Å². The Morgan fingerprint density at radius 1 is 1.37 bits per heavy atom. The zero-order valence-electron chi connectivity index (χ0n) is 10.5. The van der Waals surface area contributed by atoms with Gasteiger partial charge in [0.25, 0.3) is 0 Å². The van der Waals surface area contributed by atoms with Crippen molar-refractivity contribution in [3.05, 3.63) is 35.9 Å². The van der Waals surface area contributed by atoms with Crippen molar-refractivity contribution in [2.45, 2.75) is 30.8 Å². The van der Waals surface area contributed by atoms with Crippen LogP contribution in [0.1, 0.15) is 12.0 Å². The summed E-state index contributed by atoms with van der Waals surface area (Å²) in [5, 5.41) is 9.96. The molecule has 1 aromatic carbocycles. The number of esters is 1. The quantitative estimate of drug-likeness (QED) is 0.812. The van der Waals surface area contributed by atoms with Gasteiger partial charge in [-0.1, -0.05) is 30.3 Å². The molecule has 0 saturated carbocycles. The van der Waals surface area contributed by atoms with Crippen molar-refractivity contribution in [1.29, 1.82) is 0 Å². The summed E-state index contributed by atoms with van der Waals surface area (Å²) in [6.07, 6.45) is -1.11. The van der Waals surface area contributed by atoms with Crippen LogP contribution in [0.2, 0.25) is 0 Å². The van der Waals surface area contributed by atoms with E-state index in [0.29, 0.717) is 6.61 Å². The van der Waals surface area contributed by atoms with Gasteiger partial charge in [-0.2, -0.15) is 0 Å². The Morgan fingerprint density at radius 2 is 2.16 bits per heavy atom. The van der Waals surface area contributed by atoms with E-state index in [9.17, 15) is 9.90 Å². The second-order valence-corrected chi connectivity index (χ2v) is 5.00. The molecule has 5 nitrogen and oxygen atoms in total. The number of hydrogen-bond acceptors (Lipinski definition) is 5. The molecule has 1 aromatic rings. The SMILES string of the molecule is O=C1C[C@]2(CO1)OC[C@@H](O)[C@@H]2OCc1ccccc1. The summed E-state index contributed by atoms with van der Waals surface area (Å²) in [5.41, 5.74) is 0.202. The predicted molar refractivity (Wildman–Crippen MR) is 65.3 cm³/mol. The molecule has 3 rings (SSSR count). The Bertz CT molecular complexity index is 460. The zero-order valence-corrected chi connectivity index (χ0v) is 10.5. The summed E-state index contributed by atoms with van der Waals surface area (Å²) in [6.45, 7) is 0.709. The van der Waals surface area contributed by atoms with E-state index in [1.54, 1.807) is 0 Å². The van der Waals surface area contributed by atoms with Crippen LogP contribution in [0.5, 0.6) is 0 Å². The maximum absolute atomic E-state index is 11.3. The molecule has 0 radical (unpaired) electrons. The van der Waals surface area contributed by atoms with Gasteiger partial charge in [-0.3, -0.25) is 4.79 Å². The van der Waals surface area contributed by atoms with Gasteiger partial charge in [0.2, 0.25) is 0 Å². The Kier molecular flexibility index (Phi) is 3.26. The summed E-state index contributed by atoms with van der Waals surface area (Å²) in [7, 11) is 0. The number of hydrogen-bond donors (Lipinski definition) is 1. The van der Waals surface area contributed by atoms with Crippen LogP contribution in [0.25, 0.3) is 0 Å². The maximum atomic E-state index is 11.3. The minimum atomic E-state index is -0.814. The molecule has 2 saturated heterocycles. The summed E-state index contributed by atoms with van der Waals surface area (Å²) in [4.78, 5) is 11.3. The molecule has 19 heavy (non-hydrogen) atoms. The Morgan fingerprint density at radius 3 is 2.84 bits per heavy atom. The normalized spacial score (nSPS) is 33.8. The average Bonchev–Trinajstić information content (AvgIpc) is 2.94. The second-order valence-electron chi connectivity index (χ2n) is 5.00. The zero-order chi connectivity index (χ0) is 13.3.